The van der Waals surface area contributed by atoms with Gasteiger partial charge in [-0.15, -0.1) is 0 Å². The van der Waals surface area contributed by atoms with E-state index in [0.29, 0.717) is 10.6 Å². The molecule has 0 radical (unpaired) electrons. The highest BCUT2D eigenvalue weighted by Gasteiger charge is 2.61. The molecule has 0 aliphatic carbocycles. The van der Waals surface area contributed by atoms with Gasteiger partial charge in [0.15, 0.2) is 0 Å². The summed E-state index contributed by atoms with van der Waals surface area (Å²) in [4.78, 5) is 23.3. The third kappa shape index (κ3) is 4.35. The lowest BCUT2D eigenvalue weighted by molar-refractivity contribution is -0.262. The number of esters is 1. The number of benzene rings is 1. The molecule has 0 aliphatic rings. The van der Waals surface area contributed by atoms with E-state index in [1.807, 2.05) is 0 Å². The zero-order chi connectivity index (χ0) is 17.8. The van der Waals surface area contributed by atoms with Gasteiger partial charge in [-0.2, -0.15) is 13.2 Å². The third-order valence-corrected chi connectivity index (χ3v) is 3.45. The number of carbonyl (C=O) groups is 2. The average molecular weight is 354 g/mol. The van der Waals surface area contributed by atoms with Crippen molar-refractivity contribution in [2.24, 2.45) is 0 Å². The van der Waals surface area contributed by atoms with E-state index in [1.54, 1.807) is 6.92 Å². The second-order valence-corrected chi connectivity index (χ2v) is 5.12. The van der Waals surface area contributed by atoms with Crippen molar-refractivity contribution in [2.45, 2.75) is 32.0 Å². The minimum atomic E-state index is -5.36. The molecule has 0 saturated heterocycles. The van der Waals surface area contributed by atoms with Gasteiger partial charge in [-0.05, 0) is 31.5 Å². The molecule has 9 heteroatoms. The SMILES string of the molecule is CCOC(=O)[C@](O)(CC(=O)Nc1cccc(Cl)c1C)C(F)(F)F. The van der Waals surface area contributed by atoms with E-state index in [2.05, 4.69) is 10.1 Å². The summed E-state index contributed by atoms with van der Waals surface area (Å²) in [7, 11) is 0. The molecule has 1 atom stereocenters. The number of hydrogen-bond donors (Lipinski definition) is 2. The van der Waals surface area contributed by atoms with Crippen LogP contribution in [0.15, 0.2) is 18.2 Å². The molecule has 1 amide bonds. The van der Waals surface area contributed by atoms with Crippen molar-refractivity contribution in [3.05, 3.63) is 28.8 Å². The van der Waals surface area contributed by atoms with Gasteiger partial charge in [-0.25, -0.2) is 4.79 Å². The molecule has 0 saturated carbocycles. The number of ether oxygens (including phenoxy) is 1. The first kappa shape index (κ1) is 19.2. The monoisotopic (exact) mass is 353 g/mol. The highest BCUT2D eigenvalue weighted by Crippen LogP contribution is 2.35. The number of alkyl halides is 3. The Kier molecular flexibility index (Phi) is 6.01. The van der Waals surface area contributed by atoms with E-state index in [0.717, 1.165) is 0 Å². The van der Waals surface area contributed by atoms with Gasteiger partial charge in [-0.1, -0.05) is 17.7 Å². The van der Waals surface area contributed by atoms with Crippen LogP contribution in [0.25, 0.3) is 0 Å². The minimum Gasteiger partial charge on any atom is -0.464 e. The van der Waals surface area contributed by atoms with E-state index in [4.69, 9.17) is 11.6 Å². The second kappa shape index (κ2) is 7.18. The number of aliphatic hydroxyl groups is 1. The van der Waals surface area contributed by atoms with Crippen molar-refractivity contribution < 1.29 is 32.6 Å². The van der Waals surface area contributed by atoms with Gasteiger partial charge in [0.2, 0.25) is 5.91 Å². The zero-order valence-electron chi connectivity index (χ0n) is 12.3. The van der Waals surface area contributed by atoms with Crippen molar-refractivity contribution in [1.82, 2.24) is 0 Å². The van der Waals surface area contributed by atoms with Crippen molar-refractivity contribution in [3.8, 4) is 0 Å². The van der Waals surface area contributed by atoms with Crippen LogP contribution in [0.5, 0.6) is 0 Å². The summed E-state index contributed by atoms with van der Waals surface area (Å²) in [6, 6.07) is 4.46. The van der Waals surface area contributed by atoms with Crippen LogP contribution in [-0.4, -0.2) is 35.4 Å². The van der Waals surface area contributed by atoms with Crippen molar-refractivity contribution in [3.63, 3.8) is 0 Å². The van der Waals surface area contributed by atoms with Gasteiger partial charge in [-0.3, -0.25) is 4.79 Å². The van der Waals surface area contributed by atoms with Crippen LogP contribution in [0.1, 0.15) is 18.9 Å². The third-order valence-electron chi connectivity index (χ3n) is 3.04. The Hall–Kier alpha value is -1.80. The molecule has 0 spiro atoms. The Bertz CT molecular complexity index is 606. The normalized spacial score (nSPS) is 14.0. The maximum absolute atomic E-state index is 13.0. The highest BCUT2D eigenvalue weighted by molar-refractivity contribution is 6.31. The lowest BCUT2D eigenvalue weighted by Crippen LogP contribution is -2.54. The molecule has 1 aromatic carbocycles. The van der Waals surface area contributed by atoms with Gasteiger partial charge < -0.3 is 15.2 Å². The quantitative estimate of drug-likeness (QED) is 0.798. The van der Waals surface area contributed by atoms with Gasteiger partial charge >= 0.3 is 12.1 Å². The molecule has 1 rings (SSSR count). The molecule has 0 bridgehead atoms. The molecule has 0 heterocycles. The van der Waals surface area contributed by atoms with E-state index in [1.165, 1.54) is 25.1 Å². The Morgan fingerprint density at radius 2 is 1.96 bits per heavy atom. The minimum absolute atomic E-state index is 0.177. The zero-order valence-corrected chi connectivity index (χ0v) is 13.1. The van der Waals surface area contributed by atoms with E-state index in [9.17, 15) is 27.9 Å². The topological polar surface area (TPSA) is 75.6 Å². The van der Waals surface area contributed by atoms with Crippen molar-refractivity contribution in [1.29, 1.82) is 0 Å². The Morgan fingerprint density at radius 3 is 2.48 bits per heavy atom. The predicted octanol–water partition coefficient (Wildman–Crippen LogP) is 2.83. The van der Waals surface area contributed by atoms with Gasteiger partial charge in [0.25, 0.3) is 5.60 Å². The second-order valence-electron chi connectivity index (χ2n) is 4.72. The molecule has 0 aromatic heterocycles. The molecule has 0 aliphatic heterocycles. The molecule has 1 aromatic rings. The summed E-state index contributed by atoms with van der Waals surface area (Å²) < 4.78 is 43.1. The Morgan fingerprint density at radius 1 is 1.35 bits per heavy atom. The number of rotatable bonds is 5. The number of amides is 1. The number of carbonyl (C=O) groups excluding carboxylic acids is 2. The smallest absolute Gasteiger partial charge is 0.428 e. The summed E-state index contributed by atoms with van der Waals surface area (Å²) in [6.07, 6.45) is -6.89. The first-order chi connectivity index (χ1) is 10.5. The molecule has 23 heavy (non-hydrogen) atoms. The molecule has 0 unspecified atom stereocenters. The Balaban J connectivity index is 2.98. The van der Waals surface area contributed by atoms with Crippen molar-refractivity contribution >= 4 is 29.2 Å². The van der Waals surface area contributed by atoms with Gasteiger partial charge in [0.1, 0.15) is 0 Å². The van der Waals surface area contributed by atoms with Crippen LogP contribution < -0.4 is 5.32 Å². The van der Waals surface area contributed by atoms with Crippen LogP contribution in [0.2, 0.25) is 5.02 Å². The van der Waals surface area contributed by atoms with Crippen LogP contribution in [0.3, 0.4) is 0 Å². The molecular formula is C14H15ClF3NO4. The molecule has 128 valence electrons. The van der Waals surface area contributed by atoms with E-state index < -0.39 is 30.1 Å². The van der Waals surface area contributed by atoms with E-state index >= 15 is 0 Å². The standard InChI is InChI=1S/C14H15ClF3NO4/c1-3-23-12(21)13(22,14(16,17)18)7-11(20)19-10-6-4-5-9(15)8(10)2/h4-6,22H,3,7H2,1-2H3,(H,19,20)/t13-/m1/s1. The number of halogens is 4. The number of nitrogens with one attached hydrogen (secondary N) is 1. The average Bonchev–Trinajstić information content (AvgIpc) is 2.42. The molecule has 2 N–H and O–H groups in total. The van der Waals surface area contributed by atoms with Crippen LogP contribution in [-0.2, 0) is 14.3 Å². The maximum atomic E-state index is 13.0. The molecular weight excluding hydrogens is 339 g/mol. The first-order valence-corrected chi connectivity index (χ1v) is 6.92. The van der Waals surface area contributed by atoms with Crippen LogP contribution >= 0.6 is 11.6 Å². The van der Waals surface area contributed by atoms with Gasteiger partial charge in [0, 0.05) is 10.7 Å². The van der Waals surface area contributed by atoms with Crippen LogP contribution in [0.4, 0.5) is 18.9 Å². The number of anilines is 1. The van der Waals surface area contributed by atoms with Gasteiger partial charge in [0.05, 0.1) is 13.0 Å². The fraction of sp³-hybridized carbons (Fsp3) is 0.429. The first-order valence-electron chi connectivity index (χ1n) is 6.54. The highest BCUT2D eigenvalue weighted by atomic mass is 35.5. The maximum Gasteiger partial charge on any atom is 0.428 e. The fourth-order valence-electron chi connectivity index (χ4n) is 1.71. The lowest BCUT2D eigenvalue weighted by atomic mass is 9.98. The number of hydrogen-bond acceptors (Lipinski definition) is 4. The summed E-state index contributed by atoms with van der Waals surface area (Å²) >= 11 is 5.84. The van der Waals surface area contributed by atoms with Crippen LogP contribution in [0, 0.1) is 6.92 Å². The summed E-state index contributed by atoms with van der Waals surface area (Å²) in [5.41, 5.74) is -3.30. The Labute approximate surface area is 135 Å². The summed E-state index contributed by atoms with van der Waals surface area (Å²) in [6.45, 7) is 2.47. The lowest BCUT2D eigenvalue weighted by Gasteiger charge is -2.27. The molecule has 5 nitrogen and oxygen atoms in total. The molecule has 0 fully saturated rings. The van der Waals surface area contributed by atoms with Crippen molar-refractivity contribution in [2.75, 3.05) is 11.9 Å². The summed E-state index contributed by atoms with van der Waals surface area (Å²) in [5.74, 6) is -3.13. The fourth-order valence-corrected chi connectivity index (χ4v) is 1.88. The summed E-state index contributed by atoms with van der Waals surface area (Å²) in [5, 5.41) is 12.1. The van der Waals surface area contributed by atoms with E-state index in [-0.39, 0.29) is 12.3 Å². The predicted molar refractivity (Wildman–Crippen MR) is 77.1 cm³/mol. The largest absolute Gasteiger partial charge is 0.464 e.